The smallest absolute Gasteiger partial charge is 0.336 e. The van der Waals surface area contributed by atoms with Crippen molar-refractivity contribution >= 4 is 21.9 Å². The molecule has 2 heterocycles. The Morgan fingerprint density at radius 3 is 2.94 bits per heavy atom. The van der Waals surface area contributed by atoms with Crippen LogP contribution in [0.25, 0.3) is 21.9 Å². The zero-order chi connectivity index (χ0) is 12.7. The molecule has 18 heavy (non-hydrogen) atoms. The predicted molar refractivity (Wildman–Crippen MR) is 72.9 cm³/mol. The molecule has 0 N–H and O–H groups in total. The first kappa shape index (κ1) is 10.8. The van der Waals surface area contributed by atoms with Crippen LogP contribution in [0.3, 0.4) is 0 Å². The Morgan fingerprint density at radius 1 is 1.33 bits per heavy atom. The maximum Gasteiger partial charge on any atom is 0.336 e. The van der Waals surface area contributed by atoms with Crippen molar-refractivity contribution in [2.45, 2.75) is 13.5 Å². The van der Waals surface area contributed by atoms with Gasteiger partial charge in [0.15, 0.2) is 0 Å². The van der Waals surface area contributed by atoms with Crippen molar-refractivity contribution in [3.05, 3.63) is 59.1 Å². The Morgan fingerprint density at radius 2 is 2.17 bits per heavy atom. The molecule has 0 aliphatic heterocycles. The van der Waals surface area contributed by atoms with E-state index >= 15 is 0 Å². The molecule has 3 heteroatoms. The summed E-state index contributed by atoms with van der Waals surface area (Å²) in [7, 11) is 0. The molecule has 0 saturated heterocycles. The minimum Gasteiger partial charge on any atom is -0.423 e. The van der Waals surface area contributed by atoms with Crippen molar-refractivity contribution in [2.24, 2.45) is 0 Å². The number of aromatic nitrogens is 1. The Bertz CT molecular complexity index is 808. The Balaban J connectivity index is 2.47. The second-order valence-corrected chi connectivity index (χ2v) is 4.38. The molecule has 3 rings (SSSR count). The molecule has 0 saturated carbocycles. The van der Waals surface area contributed by atoms with Crippen LogP contribution < -0.4 is 5.63 Å². The van der Waals surface area contributed by atoms with Gasteiger partial charge < -0.3 is 8.98 Å². The third-order valence-electron chi connectivity index (χ3n) is 3.16. The number of nitrogens with zero attached hydrogens (tertiary/aromatic N) is 1. The largest absolute Gasteiger partial charge is 0.423 e. The lowest BCUT2D eigenvalue weighted by atomic mass is 10.1. The fourth-order valence-electron chi connectivity index (χ4n) is 2.45. The first-order valence-electron chi connectivity index (χ1n) is 5.84. The van der Waals surface area contributed by atoms with E-state index in [0.717, 1.165) is 22.8 Å². The predicted octanol–water partition coefficient (Wildman–Crippen LogP) is 3.24. The van der Waals surface area contributed by atoms with Crippen LogP contribution in [-0.2, 0) is 6.54 Å². The molecule has 0 unspecified atom stereocenters. The SMILES string of the molecule is C=CCn1cc(C)c2c3ccc(=O)oc3ccc21. The summed E-state index contributed by atoms with van der Waals surface area (Å²) in [4.78, 5) is 11.2. The van der Waals surface area contributed by atoms with Gasteiger partial charge in [-0.15, -0.1) is 6.58 Å². The minimum absolute atomic E-state index is 0.315. The van der Waals surface area contributed by atoms with Crippen LogP contribution in [0.15, 0.2) is 52.3 Å². The molecule has 1 aromatic carbocycles. The van der Waals surface area contributed by atoms with E-state index in [4.69, 9.17) is 4.42 Å². The van der Waals surface area contributed by atoms with Crippen molar-refractivity contribution in [3.63, 3.8) is 0 Å². The van der Waals surface area contributed by atoms with Crippen LogP contribution in [0, 0.1) is 6.92 Å². The van der Waals surface area contributed by atoms with Crippen molar-refractivity contribution < 1.29 is 4.42 Å². The summed E-state index contributed by atoms with van der Waals surface area (Å²) in [6.07, 6.45) is 3.96. The Kier molecular flexibility index (Phi) is 2.33. The molecule has 0 atom stereocenters. The first-order valence-corrected chi connectivity index (χ1v) is 5.84. The molecule has 0 bridgehead atoms. The van der Waals surface area contributed by atoms with Gasteiger partial charge in [0.05, 0.1) is 0 Å². The average molecular weight is 239 g/mol. The van der Waals surface area contributed by atoms with Gasteiger partial charge in [0.2, 0.25) is 0 Å². The molecular weight excluding hydrogens is 226 g/mol. The lowest BCUT2D eigenvalue weighted by Crippen LogP contribution is -1.95. The molecule has 90 valence electrons. The molecule has 0 fully saturated rings. The Hall–Kier alpha value is -2.29. The fourth-order valence-corrected chi connectivity index (χ4v) is 2.45. The van der Waals surface area contributed by atoms with Crippen LogP contribution in [-0.4, -0.2) is 4.57 Å². The molecule has 3 nitrogen and oxygen atoms in total. The zero-order valence-electron chi connectivity index (χ0n) is 10.1. The van der Waals surface area contributed by atoms with Crippen molar-refractivity contribution in [3.8, 4) is 0 Å². The molecule has 0 spiro atoms. The molecule has 0 aliphatic carbocycles. The molecule has 0 aliphatic rings. The van der Waals surface area contributed by atoms with E-state index in [1.807, 2.05) is 24.3 Å². The van der Waals surface area contributed by atoms with E-state index < -0.39 is 0 Å². The summed E-state index contributed by atoms with van der Waals surface area (Å²) >= 11 is 0. The standard InChI is InChI=1S/C15H13NO2/c1-3-8-16-9-10(2)15-11-4-7-14(17)18-13(11)6-5-12(15)16/h3-7,9H,1,8H2,2H3. The normalized spacial score (nSPS) is 11.2. The highest BCUT2D eigenvalue weighted by Crippen LogP contribution is 2.28. The quantitative estimate of drug-likeness (QED) is 0.508. The van der Waals surface area contributed by atoms with E-state index in [1.54, 1.807) is 0 Å². The maximum atomic E-state index is 11.2. The Labute approximate surface area is 104 Å². The van der Waals surface area contributed by atoms with Crippen LogP contribution in [0.4, 0.5) is 0 Å². The van der Waals surface area contributed by atoms with Gasteiger partial charge in [-0.05, 0) is 30.7 Å². The first-order chi connectivity index (χ1) is 8.70. The average Bonchev–Trinajstić information content (AvgIpc) is 2.67. The summed E-state index contributed by atoms with van der Waals surface area (Å²) in [5, 5.41) is 2.12. The van der Waals surface area contributed by atoms with Gasteiger partial charge in [-0.3, -0.25) is 0 Å². The van der Waals surface area contributed by atoms with E-state index in [2.05, 4.69) is 24.3 Å². The van der Waals surface area contributed by atoms with Gasteiger partial charge in [-0.2, -0.15) is 0 Å². The third kappa shape index (κ3) is 1.48. The number of rotatable bonds is 2. The number of aryl methyl sites for hydroxylation is 1. The highest BCUT2D eigenvalue weighted by molar-refractivity contribution is 6.06. The van der Waals surface area contributed by atoms with Crippen molar-refractivity contribution in [2.75, 3.05) is 0 Å². The zero-order valence-corrected chi connectivity index (χ0v) is 10.1. The second-order valence-electron chi connectivity index (χ2n) is 4.38. The van der Waals surface area contributed by atoms with Gasteiger partial charge >= 0.3 is 5.63 Å². The van der Waals surface area contributed by atoms with E-state index in [0.29, 0.717) is 5.58 Å². The summed E-state index contributed by atoms with van der Waals surface area (Å²) in [6.45, 7) is 6.60. The highest BCUT2D eigenvalue weighted by Gasteiger charge is 2.09. The summed E-state index contributed by atoms with van der Waals surface area (Å²) in [5.74, 6) is 0. The number of hydrogen-bond acceptors (Lipinski definition) is 2. The van der Waals surface area contributed by atoms with Gasteiger partial charge in [-0.1, -0.05) is 6.08 Å². The minimum atomic E-state index is -0.315. The van der Waals surface area contributed by atoms with Crippen LogP contribution >= 0.6 is 0 Å². The van der Waals surface area contributed by atoms with Crippen LogP contribution in [0.2, 0.25) is 0 Å². The van der Waals surface area contributed by atoms with Crippen molar-refractivity contribution in [1.82, 2.24) is 4.57 Å². The molecule has 2 aromatic heterocycles. The molecule has 3 aromatic rings. The van der Waals surface area contributed by atoms with Gasteiger partial charge in [-0.25, -0.2) is 4.79 Å². The van der Waals surface area contributed by atoms with Crippen LogP contribution in [0.5, 0.6) is 0 Å². The van der Waals surface area contributed by atoms with Crippen molar-refractivity contribution in [1.29, 1.82) is 0 Å². The van der Waals surface area contributed by atoms with Gasteiger partial charge in [0.1, 0.15) is 5.58 Å². The monoisotopic (exact) mass is 239 g/mol. The maximum absolute atomic E-state index is 11.2. The van der Waals surface area contributed by atoms with E-state index in [1.165, 1.54) is 11.6 Å². The number of hydrogen-bond donors (Lipinski definition) is 0. The summed E-state index contributed by atoms with van der Waals surface area (Å²) in [6, 6.07) is 7.12. The van der Waals surface area contributed by atoms with E-state index in [-0.39, 0.29) is 5.63 Å². The van der Waals surface area contributed by atoms with E-state index in [9.17, 15) is 4.79 Å². The topological polar surface area (TPSA) is 35.1 Å². The van der Waals surface area contributed by atoms with Gasteiger partial charge in [0, 0.05) is 35.1 Å². The second kappa shape index (κ2) is 3.88. The molecule has 0 amide bonds. The van der Waals surface area contributed by atoms with Crippen LogP contribution in [0.1, 0.15) is 5.56 Å². The molecular formula is C15H13NO2. The number of fused-ring (bicyclic) bond motifs is 3. The third-order valence-corrected chi connectivity index (χ3v) is 3.16. The fraction of sp³-hybridized carbons (Fsp3) is 0.133. The summed E-state index contributed by atoms with van der Waals surface area (Å²) in [5.41, 5.74) is 2.62. The lowest BCUT2D eigenvalue weighted by Gasteiger charge is -2.02. The highest BCUT2D eigenvalue weighted by atomic mass is 16.4. The summed E-state index contributed by atoms with van der Waals surface area (Å²) < 4.78 is 7.35. The lowest BCUT2D eigenvalue weighted by molar-refractivity contribution is 0.561. The number of benzene rings is 1. The molecule has 0 radical (unpaired) electrons. The number of allylic oxidation sites excluding steroid dienone is 1. The van der Waals surface area contributed by atoms with Gasteiger partial charge in [0.25, 0.3) is 0 Å².